The summed E-state index contributed by atoms with van der Waals surface area (Å²) < 4.78 is 5.88. The van der Waals surface area contributed by atoms with Crippen molar-refractivity contribution in [3.8, 4) is 5.75 Å². The van der Waals surface area contributed by atoms with Crippen molar-refractivity contribution in [3.63, 3.8) is 0 Å². The minimum atomic E-state index is -0.441. The molecule has 4 aromatic rings. The smallest absolute Gasteiger partial charge is 0.269 e. The van der Waals surface area contributed by atoms with Gasteiger partial charge in [0, 0.05) is 35.8 Å². The number of nitro benzene ring substituents is 1. The molecule has 8 nitrogen and oxygen atoms in total. The highest BCUT2D eigenvalue weighted by atomic mass is 32.2. The van der Waals surface area contributed by atoms with E-state index < -0.39 is 4.92 Å². The van der Waals surface area contributed by atoms with Gasteiger partial charge in [-0.25, -0.2) is 4.99 Å². The summed E-state index contributed by atoms with van der Waals surface area (Å²) in [7, 11) is 0. The molecule has 0 spiro atoms. The number of aromatic amines is 1. The van der Waals surface area contributed by atoms with E-state index in [9.17, 15) is 14.9 Å². The summed E-state index contributed by atoms with van der Waals surface area (Å²) in [6.07, 6.45) is 4.56. The topological polar surface area (TPSA) is 101 Å². The number of thioether (sulfide) groups is 1. The average molecular weight is 569 g/mol. The van der Waals surface area contributed by atoms with E-state index >= 15 is 0 Å². The molecule has 210 valence electrons. The SMILES string of the molecule is CCOc1cc(C)c(/C=C2\SC(=Nc3ccc([N+](=O)[O-])cc3)N(CCc3c[nH]c4ccccc34)C2=O)cc1C(C)C. The van der Waals surface area contributed by atoms with Crippen molar-refractivity contribution in [1.29, 1.82) is 0 Å². The molecular weight excluding hydrogens is 536 g/mol. The van der Waals surface area contributed by atoms with Crippen molar-refractivity contribution in [2.45, 2.75) is 40.0 Å². The minimum Gasteiger partial charge on any atom is -0.494 e. The van der Waals surface area contributed by atoms with Crippen LogP contribution in [0.1, 0.15) is 48.9 Å². The van der Waals surface area contributed by atoms with Gasteiger partial charge < -0.3 is 9.72 Å². The lowest BCUT2D eigenvalue weighted by molar-refractivity contribution is -0.384. The number of ether oxygens (including phenoxy) is 1. The molecule has 2 heterocycles. The predicted molar refractivity (Wildman–Crippen MR) is 166 cm³/mol. The molecule has 0 bridgehead atoms. The number of non-ortho nitro benzene ring substituents is 1. The van der Waals surface area contributed by atoms with Crippen molar-refractivity contribution < 1.29 is 14.5 Å². The molecule has 0 radical (unpaired) electrons. The molecule has 0 saturated carbocycles. The monoisotopic (exact) mass is 568 g/mol. The number of amidine groups is 1. The maximum absolute atomic E-state index is 13.8. The van der Waals surface area contributed by atoms with Gasteiger partial charge in [-0.1, -0.05) is 32.0 Å². The number of carbonyl (C=O) groups excluding carboxylic acids is 1. The molecule has 9 heteroatoms. The van der Waals surface area contributed by atoms with Gasteiger partial charge in [0.05, 0.1) is 22.1 Å². The Labute approximate surface area is 243 Å². The van der Waals surface area contributed by atoms with Gasteiger partial charge >= 0.3 is 0 Å². The number of fused-ring (bicyclic) bond motifs is 1. The number of nitrogens with one attached hydrogen (secondary N) is 1. The van der Waals surface area contributed by atoms with Crippen molar-refractivity contribution in [3.05, 3.63) is 104 Å². The molecule has 1 aliphatic heterocycles. The number of aliphatic imine (C=N–C) groups is 1. The number of nitrogens with zero attached hydrogens (tertiary/aromatic N) is 3. The molecule has 1 saturated heterocycles. The van der Waals surface area contributed by atoms with Crippen LogP contribution in [0.5, 0.6) is 5.75 Å². The molecule has 1 N–H and O–H groups in total. The Balaban J connectivity index is 1.50. The number of carbonyl (C=O) groups is 1. The number of para-hydroxylation sites is 1. The number of rotatable bonds is 9. The molecule has 3 aromatic carbocycles. The first-order valence-corrected chi connectivity index (χ1v) is 14.4. The van der Waals surface area contributed by atoms with Crippen molar-refractivity contribution in [2.75, 3.05) is 13.2 Å². The van der Waals surface area contributed by atoms with Crippen LogP contribution >= 0.6 is 11.8 Å². The first-order chi connectivity index (χ1) is 19.7. The lowest BCUT2D eigenvalue weighted by Crippen LogP contribution is -2.31. The van der Waals surface area contributed by atoms with E-state index in [4.69, 9.17) is 9.73 Å². The summed E-state index contributed by atoms with van der Waals surface area (Å²) >= 11 is 1.32. The second-order valence-corrected chi connectivity index (χ2v) is 11.2. The van der Waals surface area contributed by atoms with Gasteiger partial charge in [0.15, 0.2) is 5.17 Å². The van der Waals surface area contributed by atoms with Crippen LogP contribution in [0.4, 0.5) is 11.4 Å². The van der Waals surface area contributed by atoms with Crippen LogP contribution in [0.25, 0.3) is 17.0 Å². The molecule has 1 amide bonds. The van der Waals surface area contributed by atoms with Gasteiger partial charge in [-0.3, -0.25) is 19.8 Å². The van der Waals surface area contributed by atoms with Crippen LogP contribution in [0.15, 0.2) is 76.8 Å². The van der Waals surface area contributed by atoms with Gasteiger partial charge in [-0.2, -0.15) is 0 Å². The standard InChI is InChI=1S/C32H32N4O4S/c1-5-40-29-16-21(4)23(17-27(29)20(2)3)18-30-31(37)35(15-14-22-19-33-28-9-7-6-8-26(22)28)32(41-30)34-24-10-12-25(13-11-24)36(38)39/h6-13,16-20,33H,5,14-15H2,1-4H3/b30-18-,34-32?. The number of H-pyrrole nitrogens is 1. The number of hydrogen-bond acceptors (Lipinski definition) is 6. The van der Waals surface area contributed by atoms with Crippen molar-refractivity contribution in [2.24, 2.45) is 4.99 Å². The van der Waals surface area contributed by atoms with Crippen LogP contribution in [0.2, 0.25) is 0 Å². The van der Waals surface area contributed by atoms with Crippen LogP contribution in [0, 0.1) is 17.0 Å². The number of nitro groups is 1. The summed E-state index contributed by atoms with van der Waals surface area (Å²) in [5.41, 5.74) is 5.78. The number of benzene rings is 3. The van der Waals surface area contributed by atoms with Gasteiger partial charge in [-0.15, -0.1) is 0 Å². The Morgan fingerprint density at radius 2 is 1.90 bits per heavy atom. The normalized spacial score (nSPS) is 15.5. The lowest BCUT2D eigenvalue weighted by Gasteiger charge is -2.16. The number of amides is 1. The molecule has 0 atom stereocenters. The largest absolute Gasteiger partial charge is 0.494 e. The van der Waals surface area contributed by atoms with Crippen molar-refractivity contribution >= 4 is 51.2 Å². The Hall–Kier alpha value is -4.37. The zero-order chi connectivity index (χ0) is 29.1. The fourth-order valence-corrected chi connectivity index (χ4v) is 5.88. The molecule has 1 aliphatic rings. The highest BCUT2D eigenvalue weighted by Crippen LogP contribution is 2.37. The number of aryl methyl sites for hydroxylation is 1. The average Bonchev–Trinajstić information content (AvgIpc) is 3.49. The Morgan fingerprint density at radius 3 is 2.61 bits per heavy atom. The van der Waals surface area contributed by atoms with Crippen LogP contribution < -0.4 is 4.74 Å². The Morgan fingerprint density at radius 1 is 1.15 bits per heavy atom. The fraction of sp³-hybridized carbons (Fsp3) is 0.250. The van der Waals surface area contributed by atoms with Gasteiger partial charge in [0.25, 0.3) is 11.6 Å². The molecule has 1 aromatic heterocycles. The molecule has 5 rings (SSSR count). The second-order valence-electron chi connectivity index (χ2n) is 10.2. The van der Waals surface area contributed by atoms with Gasteiger partial charge in [-0.05, 0) is 96.6 Å². The van der Waals surface area contributed by atoms with Crippen molar-refractivity contribution in [1.82, 2.24) is 9.88 Å². The zero-order valence-corrected chi connectivity index (χ0v) is 24.3. The summed E-state index contributed by atoms with van der Waals surface area (Å²) in [4.78, 5) is 34.8. The molecule has 1 fully saturated rings. The molecule has 0 aliphatic carbocycles. The first-order valence-electron chi connectivity index (χ1n) is 13.6. The Bertz CT molecular complexity index is 1670. The summed E-state index contributed by atoms with van der Waals surface area (Å²) in [5.74, 6) is 1.01. The third-order valence-electron chi connectivity index (χ3n) is 7.06. The maximum Gasteiger partial charge on any atom is 0.269 e. The van der Waals surface area contributed by atoms with Crippen LogP contribution in [-0.4, -0.2) is 39.0 Å². The number of hydrogen-bond donors (Lipinski definition) is 1. The summed E-state index contributed by atoms with van der Waals surface area (Å²) in [6, 6.07) is 18.3. The quantitative estimate of drug-likeness (QED) is 0.126. The van der Waals surface area contributed by atoms with Gasteiger partial charge in [0.1, 0.15) is 5.75 Å². The third kappa shape index (κ3) is 6.05. The highest BCUT2D eigenvalue weighted by molar-refractivity contribution is 8.18. The van der Waals surface area contributed by atoms with E-state index in [2.05, 4.69) is 31.0 Å². The number of aromatic nitrogens is 1. The predicted octanol–water partition coefficient (Wildman–Crippen LogP) is 7.75. The zero-order valence-electron chi connectivity index (χ0n) is 23.5. The Kier molecular flexibility index (Phi) is 8.26. The van der Waals surface area contributed by atoms with E-state index in [0.29, 0.717) is 35.3 Å². The molecule has 0 unspecified atom stereocenters. The third-order valence-corrected chi connectivity index (χ3v) is 8.07. The van der Waals surface area contributed by atoms with Crippen LogP contribution in [0.3, 0.4) is 0 Å². The minimum absolute atomic E-state index is 0.00666. The summed E-state index contributed by atoms with van der Waals surface area (Å²) in [5, 5.41) is 12.8. The summed E-state index contributed by atoms with van der Waals surface area (Å²) in [6.45, 7) is 9.27. The van der Waals surface area contributed by atoms with E-state index in [0.717, 1.165) is 38.9 Å². The maximum atomic E-state index is 13.8. The lowest BCUT2D eigenvalue weighted by atomic mass is 9.96. The van der Waals surface area contributed by atoms with Gasteiger partial charge in [0.2, 0.25) is 0 Å². The second kappa shape index (κ2) is 12.0. The van der Waals surface area contributed by atoms with E-state index in [-0.39, 0.29) is 17.5 Å². The highest BCUT2D eigenvalue weighted by Gasteiger charge is 2.33. The van der Waals surface area contributed by atoms with E-state index in [1.165, 1.54) is 23.9 Å². The van der Waals surface area contributed by atoms with E-state index in [1.807, 2.05) is 50.4 Å². The molecular formula is C32H32N4O4S. The fourth-order valence-electron chi connectivity index (χ4n) is 4.86. The molecule has 41 heavy (non-hydrogen) atoms. The van der Waals surface area contributed by atoms with Crippen LogP contribution in [-0.2, 0) is 11.2 Å². The first kappa shape index (κ1) is 28.2. The van der Waals surface area contributed by atoms with E-state index in [1.54, 1.807) is 17.0 Å².